The Balaban J connectivity index is 0.000000257. The molecule has 0 saturated carbocycles. The van der Waals surface area contributed by atoms with Crippen molar-refractivity contribution in [1.29, 1.82) is 0 Å². The highest BCUT2D eigenvalue weighted by atomic mass is 16.6. The first-order valence-corrected chi connectivity index (χ1v) is 11.6. The molecule has 1 fully saturated rings. The van der Waals surface area contributed by atoms with Crippen LogP contribution in [0.25, 0.3) is 0 Å². The molecule has 1 aliphatic heterocycles. The Bertz CT molecular complexity index is 857. The van der Waals surface area contributed by atoms with Crippen LogP contribution in [0.3, 0.4) is 0 Å². The van der Waals surface area contributed by atoms with Gasteiger partial charge in [0.05, 0.1) is 17.5 Å². The van der Waals surface area contributed by atoms with Crippen molar-refractivity contribution in [3.05, 3.63) is 60.7 Å². The average Bonchev–Trinajstić information content (AvgIpc) is 2.74. The van der Waals surface area contributed by atoms with Crippen LogP contribution in [0.5, 0.6) is 0 Å². The third kappa shape index (κ3) is 9.43. The molecule has 2 aromatic carbocycles. The molecule has 186 valence electrons. The van der Waals surface area contributed by atoms with Crippen molar-refractivity contribution in [3.8, 4) is 0 Å². The molecule has 7 nitrogen and oxygen atoms in total. The van der Waals surface area contributed by atoms with Gasteiger partial charge in [0.15, 0.2) is 0 Å². The zero-order valence-corrected chi connectivity index (χ0v) is 21.2. The van der Waals surface area contributed by atoms with Crippen molar-refractivity contribution in [3.63, 3.8) is 0 Å². The van der Waals surface area contributed by atoms with Gasteiger partial charge in [0.2, 0.25) is 0 Å². The normalized spacial score (nSPS) is 14.5. The molecular formula is C27H38N2O5. The number of carbonyl (C=O) groups excluding carboxylic acids is 2. The molecule has 2 aromatic rings. The zero-order valence-electron chi connectivity index (χ0n) is 21.2. The minimum atomic E-state index is -0.529. The molecule has 0 spiro atoms. The fourth-order valence-electron chi connectivity index (χ4n) is 3.20. The van der Waals surface area contributed by atoms with E-state index in [0.29, 0.717) is 25.9 Å². The molecule has 1 heterocycles. The lowest BCUT2D eigenvalue weighted by atomic mass is 10.1. The van der Waals surface area contributed by atoms with E-state index in [4.69, 9.17) is 9.47 Å². The number of carbonyl (C=O) groups is 2. The highest BCUT2D eigenvalue weighted by molar-refractivity contribution is 5.96. The maximum atomic E-state index is 12.5. The Labute approximate surface area is 203 Å². The van der Waals surface area contributed by atoms with Crippen LogP contribution in [0.1, 0.15) is 54.4 Å². The van der Waals surface area contributed by atoms with Gasteiger partial charge in [-0.25, -0.2) is 14.5 Å². The number of aliphatic hydroxyl groups excluding tert-OH is 1. The van der Waals surface area contributed by atoms with E-state index < -0.39 is 11.2 Å². The zero-order chi connectivity index (χ0) is 25.4. The van der Waals surface area contributed by atoms with Crippen LogP contribution in [0.15, 0.2) is 60.7 Å². The van der Waals surface area contributed by atoms with E-state index in [9.17, 15) is 14.7 Å². The average molecular weight is 471 g/mol. The molecule has 7 heteroatoms. The number of para-hydroxylation sites is 2. The molecule has 0 atom stereocenters. The van der Waals surface area contributed by atoms with Gasteiger partial charge in [-0.05, 0) is 78.6 Å². The van der Waals surface area contributed by atoms with Crippen LogP contribution in [0.4, 0.5) is 21.0 Å². The summed E-state index contributed by atoms with van der Waals surface area (Å²) >= 11 is 0. The molecule has 2 amide bonds. The van der Waals surface area contributed by atoms with Gasteiger partial charge in [-0.2, -0.15) is 0 Å². The summed E-state index contributed by atoms with van der Waals surface area (Å²) in [6.07, 6.45) is 0.395. The van der Waals surface area contributed by atoms with E-state index in [0.717, 1.165) is 11.4 Å². The molecular weight excluding hydrogens is 432 g/mol. The van der Waals surface area contributed by atoms with Gasteiger partial charge >= 0.3 is 12.2 Å². The smallest absolute Gasteiger partial charge is 0.419 e. The van der Waals surface area contributed by atoms with Crippen LogP contribution in [-0.2, 0) is 9.47 Å². The number of ether oxygens (including phenoxy) is 2. The van der Waals surface area contributed by atoms with Crippen molar-refractivity contribution in [2.24, 2.45) is 0 Å². The third-order valence-electron chi connectivity index (χ3n) is 4.72. The first-order chi connectivity index (χ1) is 15.9. The molecule has 1 N–H and O–H groups in total. The molecule has 34 heavy (non-hydrogen) atoms. The number of amides is 2. The second-order valence-electron chi connectivity index (χ2n) is 10.2. The number of aliphatic hydroxyl groups is 1. The lowest BCUT2D eigenvalue weighted by Crippen LogP contribution is -2.42. The van der Waals surface area contributed by atoms with E-state index in [-0.39, 0.29) is 18.3 Å². The Hall–Kier alpha value is -3.06. The predicted molar refractivity (Wildman–Crippen MR) is 134 cm³/mol. The predicted octanol–water partition coefficient (Wildman–Crippen LogP) is 6.14. The maximum absolute atomic E-state index is 12.5. The Kier molecular flexibility index (Phi) is 9.50. The molecule has 1 aliphatic rings. The highest BCUT2D eigenvalue weighted by Gasteiger charge is 2.26. The minimum absolute atomic E-state index is 0.256. The quantitative estimate of drug-likeness (QED) is 0.570. The van der Waals surface area contributed by atoms with Gasteiger partial charge in [-0.1, -0.05) is 36.4 Å². The number of hydrogen-bond acceptors (Lipinski definition) is 5. The number of likely N-dealkylation sites (tertiary alicyclic amines) is 1. The van der Waals surface area contributed by atoms with E-state index in [1.54, 1.807) is 9.80 Å². The van der Waals surface area contributed by atoms with Crippen molar-refractivity contribution < 1.29 is 24.2 Å². The fraction of sp³-hybridized carbons (Fsp3) is 0.481. The van der Waals surface area contributed by atoms with E-state index >= 15 is 0 Å². The van der Waals surface area contributed by atoms with Crippen molar-refractivity contribution in [2.45, 2.75) is 71.7 Å². The molecule has 0 aromatic heterocycles. The second kappa shape index (κ2) is 11.9. The standard InChI is InChI=1S/C17H19NO2.C10H19NO3/c1-17(2,3)20-16(19)18(14-10-6-4-7-11-14)15-12-8-5-9-13-15;1-10(2,3)14-9(13)11-6-4-8(12)5-7-11/h4-13H,1-3H3;8,12H,4-7H2,1-3H3. The number of piperidine rings is 1. The van der Waals surface area contributed by atoms with E-state index in [1.165, 1.54) is 0 Å². The van der Waals surface area contributed by atoms with Crippen molar-refractivity contribution in [1.82, 2.24) is 4.90 Å². The molecule has 0 unspecified atom stereocenters. The topological polar surface area (TPSA) is 79.3 Å². The summed E-state index contributed by atoms with van der Waals surface area (Å²) in [5.41, 5.74) is 0.604. The van der Waals surface area contributed by atoms with Gasteiger partial charge in [0, 0.05) is 13.1 Å². The summed E-state index contributed by atoms with van der Waals surface area (Å²) in [6, 6.07) is 19.0. The molecule has 3 rings (SSSR count). The van der Waals surface area contributed by atoms with Crippen LogP contribution >= 0.6 is 0 Å². The number of hydrogen-bond donors (Lipinski definition) is 1. The Morgan fingerprint density at radius 2 is 1.21 bits per heavy atom. The highest BCUT2D eigenvalue weighted by Crippen LogP contribution is 2.27. The number of nitrogens with zero attached hydrogens (tertiary/aromatic N) is 2. The maximum Gasteiger partial charge on any atom is 0.419 e. The number of anilines is 2. The Morgan fingerprint density at radius 1 is 0.794 bits per heavy atom. The van der Waals surface area contributed by atoms with E-state index in [2.05, 4.69) is 0 Å². The first-order valence-electron chi connectivity index (χ1n) is 11.6. The van der Waals surface area contributed by atoms with Gasteiger partial charge < -0.3 is 19.5 Å². The lowest BCUT2D eigenvalue weighted by Gasteiger charge is -2.31. The molecule has 0 radical (unpaired) electrons. The second-order valence-corrected chi connectivity index (χ2v) is 10.2. The minimum Gasteiger partial charge on any atom is -0.444 e. The third-order valence-corrected chi connectivity index (χ3v) is 4.72. The van der Waals surface area contributed by atoms with E-state index in [1.807, 2.05) is 102 Å². The molecule has 0 aliphatic carbocycles. The summed E-state index contributed by atoms with van der Waals surface area (Å²) in [4.78, 5) is 27.2. The SMILES string of the molecule is CC(C)(C)OC(=O)N(c1ccccc1)c1ccccc1.CC(C)(C)OC(=O)N1CCC(O)CC1. The van der Waals surface area contributed by atoms with Crippen molar-refractivity contribution in [2.75, 3.05) is 18.0 Å². The van der Waals surface area contributed by atoms with Gasteiger partial charge in [-0.3, -0.25) is 0 Å². The summed E-state index contributed by atoms with van der Waals surface area (Å²) in [5.74, 6) is 0. The van der Waals surface area contributed by atoms with Crippen LogP contribution in [-0.4, -0.2) is 52.6 Å². The number of benzene rings is 2. The summed E-state index contributed by atoms with van der Waals surface area (Å²) in [7, 11) is 0. The molecule has 1 saturated heterocycles. The largest absolute Gasteiger partial charge is 0.444 e. The van der Waals surface area contributed by atoms with Gasteiger partial charge in [0.25, 0.3) is 0 Å². The molecule has 0 bridgehead atoms. The summed E-state index contributed by atoms with van der Waals surface area (Å²) < 4.78 is 10.7. The lowest BCUT2D eigenvalue weighted by molar-refractivity contribution is 0.0100. The van der Waals surface area contributed by atoms with Crippen LogP contribution in [0.2, 0.25) is 0 Å². The van der Waals surface area contributed by atoms with Gasteiger partial charge in [-0.15, -0.1) is 0 Å². The summed E-state index contributed by atoms with van der Waals surface area (Å²) in [6.45, 7) is 12.3. The Morgan fingerprint density at radius 3 is 1.59 bits per heavy atom. The van der Waals surface area contributed by atoms with Crippen molar-refractivity contribution >= 4 is 23.6 Å². The van der Waals surface area contributed by atoms with Crippen LogP contribution < -0.4 is 4.90 Å². The summed E-state index contributed by atoms with van der Waals surface area (Å²) in [5, 5.41) is 9.26. The monoisotopic (exact) mass is 470 g/mol. The van der Waals surface area contributed by atoms with Gasteiger partial charge in [0.1, 0.15) is 11.2 Å². The fourth-order valence-corrected chi connectivity index (χ4v) is 3.20. The van der Waals surface area contributed by atoms with Crippen LogP contribution in [0, 0.1) is 0 Å². The number of rotatable bonds is 2. The first kappa shape index (κ1) is 27.2.